The van der Waals surface area contributed by atoms with E-state index >= 15 is 0 Å². The molecule has 0 aromatic rings. The molecule has 0 heterocycles. The Labute approximate surface area is 90.5 Å². The summed E-state index contributed by atoms with van der Waals surface area (Å²) in [5.74, 6) is -0.804. The van der Waals surface area contributed by atoms with Crippen LogP contribution in [0, 0.1) is 5.41 Å². The molecule has 0 spiro atoms. The van der Waals surface area contributed by atoms with Crippen LogP contribution in [0.1, 0.15) is 40.5 Å². The third-order valence-electron chi connectivity index (χ3n) is 2.10. The molecule has 0 aliphatic carbocycles. The van der Waals surface area contributed by atoms with E-state index in [4.69, 9.17) is 22.1 Å². The Bertz CT molecular complexity index is 223. The molecule has 82 valence electrons. The maximum Gasteiger partial charge on any atom is 0.309 e. The Hall–Kier alpha value is -0.640. The standard InChI is InChI=1S/C10H18O3S/c1-5-8(13-7(2)14)6-10(3,4)9(11)12/h8H,5-6H2,1-4H3,(H,11,12)/t8-/m0/s1. The Morgan fingerprint density at radius 3 is 2.36 bits per heavy atom. The number of hydrogen-bond acceptors (Lipinski definition) is 3. The second-order valence-electron chi connectivity index (χ2n) is 4.03. The highest BCUT2D eigenvalue weighted by Gasteiger charge is 2.30. The van der Waals surface area contributed by atoms with Gasteiger partial charge in [0, 0.05) is 6.92 Å². The lowest BCUT2D eigenvalue weighted by molar-refractivity contribution is -0.148. The Morgan fingerprint density at radius 1 is 1.57 bits per heavy atom. The summed E-state index contributed by atoms with van der Waals surface area (Å²) in [4.78, 5) is 10.9. The van der Waals surface area contributed by atoms with Crippen molar-refractivity contribution < 1.29 is 14.6 Å². The van der Waals surface area contributed by atoms with Gasteiger partial charge in [-0.1, -0.05) is 6.92 Å². The molecule has 3 nitrogen and oxygen atoms in total. The van der Waals surface area contributed by atoms with Crippen molar-refractivity contribution in [3.05, 3.63) is 0 Å². The van der Waals surface area contributed by atoms with Gasteiger partial charge in [-0.3, -0.25) is 4.79 Å². The van der Waals surface area contributed by atoms with Gasteiger partial charge in [0.1, 0.15) is 6.10 Å². The van der Waals surface area contributed by atoms with Crippen LogP contribution in [-0.2, 0) is 9.53 Å². The number of ether oxygens (including phenoxy) is 1. The molecule has 1 N–H and O–H groups in total. The van der Waals surface area contributed by atoms with E-state index in [1.54, 1.807) is 20.8 Å². The van der Waals surface area contributed by atoms with E-state index in [0.29, 0.717) is 11.5 Å². The number of hydrogen-bond donors (Lipinski definition) is 1. The lowest BCUT2D eigenvalue weighted by atomic mass is 9.86. The lowest BCUT2D eigenvalue weighted by Gasteiger charge is -2.25. The van der Waals surface area contributed by atoms with Crippen LogP contribution in [-0.4, -0.2) is 22.2 Å². The molecule has 4 heteroatoms. The van der Waals surface area contributed by atoms with Gasteiger partial charge >= 0.3 is 5.97 Å². The fourth-order valence-electron chi connectivity index (χ4n) is 1.16. The number of carbonyl (C=O) groups is 1. The van der Waals surface area contributed by atoms with Gasteiger partial charge in [0.15, 0.2) is 5.05 Å². The van der Waals surface area contributed by atoms with Gasteiger partial charge in [0.25, 0.3) is 0 Å². The van der Waals surface area contributed by atoms with E-state index in [9.17, 15) is 4.79 Å². The molecule has 0 aliphatic rings. The van der Waals surface area contributed by atoms with Crippen molar-refractivity contribution in [3.8, 4) is 0 Å². The number of aliphatic carboxylic acids is 1. The number of carboxylic acids is 1. The van der Waals surface area contributed by atoms with Crippen LogP contribution in [0.15, 0.2) is 0 Å². The minimum atomic E-state index is -0.804. The third kappa shape index (κ3) is 4.56. The smallest absolute Gasteiger partial charge is 0.309 e. The largest absolute Gasteiger partial charge is 0.484 e. The maximum absolute atomic E-state index is 10.9. The van der Waals surface area contributed by atoms with E-state index in [2.05, 4.69) is 0 Å². The zero-order valence-corrected chi connectivity index (χ0v) is 9.98. The number of rotatable bonds is 5. The summed E-state index contributed by atoms with van der Waals surface area (Å²) >= 11 is 4.82. The molecule has 0 radical (unpaired) electrons. The van der Waals surface area contributed by atoms with Crippen molar-refractivity contribution in [1.82, 2.24) is 0 Å². The molecule has 0 saturated carbocycles. The van der Waals surface area contributed by atoms with Crippen LogP contribution < -0.4 is 0 Å². The van der Waals surface area contributed by atoms with E-state index < -0.39 is 11.4 Å². The highest BCUT2D eigenvalue weighted by molar-refractivity contribution is 7.80. The summed E-state index contributed by atoms with van der Waals surface area (Å²) in [5, 5.41) is 9.40. The molecule has 0 fully saturated rings. The summed E-state index contributed by atoms with van der Waals surface area (Å²) in [6.45, 7) is 7.05. The minimum Gasteiger partial charge on any atom is -0.484 e. The van der Waals surface area contributed by atoms with Crippen LogP contribution in [0.4, 0.5) is 0 Å². The summed E-state index contributed by atoms with van der Waals surface area (Å²) in [7, 11) is 0. The zero-order valence-electron chi connectivity index (χ0n) is 9.16. The van der Waals surface area contributed by atoms with Gasteiger partial charge < -0.3 is 9.84 Å². The van der Waals surface area contributed by atoms with E-state index in [1.807, 2.05) is 6.92 Å². The molecular weight excluding hydrogens is 200 g/mol. The second-order valence-corrected chi connectivity index (χ2v) is 4.61. The van der Waals surface area contributed by atoms with Crippen LogP contribution >= 0.6 is 12.2 Å². The van der Waals surface area contributed by atoms with E-state index in [0.717, 1.165) is 6.42 Å². The van der Waals surface area contributed by atoms with Crippen LogP contribution in [0.25, 0.3) is 0 Å². The van der Waals surface area contributed by atoms with E-state index in [1.165, 1.54) is 0 Å². The van der Waals surface area contributed by atoms with Crippen molar-refractivity contribution in [2.45, 2.75) is 46.6 Å². The Balaban J connectivity index is 4.30. The average Bonchev–Trinajstić information content (AvgIpc) is 2.01. The molecule has 14 heavy (non-hydrogen) atoms. The molecule has 0 bridgehead atoms. The van der Waals surface area contributed by atoms with Crippen molar-refractivity contribution >= 4 is 23.2 Å². The van der Waals surface area contributed by atoms with Crippen LogP contribution in [0.2, 0.25) is 0 Å². The molecule has 0 aliphatic heterocycles. The second kappa shape index (κ2) is 5.29. The monoisotopic (exact) mass is 218 g/mol. The molecular formula is C10H18O3S. The molecule has 0 aromatic heterocycles. The molecule has 0 rings (SSSR count). The molecule has 0 saturated heterocycles. The van der Waals surface area contributed by atoms with Crippen molar-refractivity contribution in [2.24, 2.45) is 5.41 Å². The number of carboxylic acid groups (broad SMARTS) is 1. The molecule has 1 atom stereocenters. The van der Waals surface area contributed by atoms with Crippen molar-refractivity contribution in [1.29, 1.82) is 0 Å². The number of thiocarbonyl (C=S) groups is 1. The van der Waals surface area contributed by atoms with Crippen LogP contribution in [0.3, 0.4) is 0 Å². The van der Waals surface area contributed by atoms with Crippen molar-refractivity contribution in [2.75, 3.05) is 0 Å². The summed E-state index contributed by atoms with van der Waals surface area (Å²) < 4.78 is 5.35. The minimum absolute atomic E-state index is 0.0985. The maximum atomic E-state index is 10.9. The van der Waals surface area contributed by atoms with Gasteiger partial charge in [-0.2, -0.15) is 0 Å². The third-order valence-corrected chi connectivity index (χ3v) is 2.20. The van der Waals surface area contributed by atoms with Gasteiger partial charge in [-0.25, -0.2) is 0 Å². The van der Waals surface area contributed by atoms with Gasteiger partial charge in [-0.05, 0) is 38.9 Å². The zero-order chi connectivity index (χ0) is 11.4. The first-order valence-corrected chi connectivity index (χ1v) is 5.11. The van der Waals surface area contributed by atoms with Crippen LogP contribution in [0.5, 0.6) is 0 Å². The van der Waals surface area contributed by atoms with Gasteiger partial charge in [0.2, 0.25) is 0 Å². The normalized spacial score (nSPS) is 13.4. The van der Waals surface area contributed by atoms with Gasteiger partial charge in [0.05, 0.1) is 5.41 Å². The van der Waals surface area contributed by atoms with Gasteiger partial charge in [-0.15, -0.1) is 0 Å². The topological polar surface area (TPSA) is 46.5 Å². The molecule has 0 amide bonds. The molecule has 0 unspecified atom stereocenters. The molecule has 0 aromatic carbocycles. The van der Waals surface area contributed by atoms with E-state index in [-0.39, 0.29) is 6.10 Å². The Morgan fingerprint density at radius 2 is 2.07 bits per heavy atom. The SMILES string of the molecule is CC[C@@H](CC(C)(C)C(=O)O)OC(C)=S. The quantitative estimate of drug-likeness (QED) is 0.721. The summed E-state index contributed by atoms with van der Waals surface area (Å²) in [6, 6.07) is 0. The van der Waals surface area contributed by atoms with Crippen molar-refractivity contribution in [3.63, 3.8) is 0 Å². The highest BCUT2D eigenvalue weighted by atomic mass is 32.1. The average molecular weight is 218 g/mol. The fraction of sp³-hybridized carbons (Fsp3) is 0.800. The Kier molecular flexibility index (Phi) is 5.05. The first-order chi connectivity index (χ1) is 6.29. The predicted octanol–water partition coefficient (Wildman–Crippen LogP) is 2.63. The first-order valence-electron chi connectivity index (χ1n) is 4.70. The lowest BCUT2D eigenvalue weighted by Crippen LogP contribution is -2.30. The fourth-order valence-corrected chi connectivity index (χ4v) is 1.30. The first kappa shape index (κ1) is 13.4. The highest BCUT2D eigenvalue weighted by Crippen LogP contribution is 2.25. The predicted molar refractivity (Wildman–Crippen MR) is 59.5 cm³/mol. The summed E-state index contributed by atoms with van der Waals surface area (Å²) in [6.07, 6.45) is 1.15. The summed E-state index contributed by atoms with van der Waals surface area (Å²) in [5.41, 5.74) is -0.758.